The van der Waals surface area contributed by atoms with Crippen LogP contribution in [0.1, 0.15) is 21.5 Å². The molecule has 13 heteroatoms. The summed E-state index contributed by atoms with van der Waals surface area (Å²) < 4.78 is 38.8. The number of nitrogens with zero attached hydrogens (tertiary/aromatic N) is 2. The van der Waals surface area contributed by atoms with Crippen molar-refractivity contribution < 1.29 is 27.7 Å². The number of hydrogen-bond acceptors (Lipinski definition) is 5. The maximum atomic E-state index is 12.9. The highest BCUT2D eigenvalue weighted by atomic mass is 35.5. The molecule has 148 valence electrons. The second-order valence-corrected chi connectivity index (χ2v) is 5.97. The molecule has 2 N–H and O–H groups in total. The molecule has 28 heavy (non-hydrogen) atoms. The number of pyridine rings is 1. The third-order valence-corrected chi connectivity index (χ3v) is 3.98. The SMILES string of the molecule is Cc1c(C(=O)NC(=O)Nc2ccccc2C(F)(F)F)c(Cl)nc(Cl)c1[N+](=O)[O-]. The maximum Gasteiger partial charge on any atom is 0.418 e. The molecular formula is C15H9Cl2F3N4O4. The van der Waals surface area contributed by atoms with Crippen molar-refractivity contribution in [3.05, 3.63) is 61.4 Å². The van der Waals surface area contributed by atoms with Crippen LogP contribution in [0, 0.1) is 17.0 Å². The zero-order valence-electron chi connectivity index (χ0n) is 13.7. The summed E-state index contributed by atoms with van der Waals surface area (Å²) in [6, 6.07) is 2.79. The van der Waals surface area contributed by atoms with Crippen LogP contribution in [-0.2, 0) is 6.18 Å². The van der Waals surface area contributed by atoms with E-state index in [1.165, 1.54) is 6.07 Å². The van der Waals surface area contributed by atoms with E-state index in [0.29, 0.717) is 0 Å². The first-order valence-electron chi connectivity index (χ1n) is 7.22. The van der Waals surface area contributed by atoms with Gasteiger partial charge in [-0.3, -0.25) is 20.2 Å². The lowest BCUT2D eigenvalue weighted by molar-refractivity contribution is -0.385. The van der Waals surface area contributed by atoms with E-state index in [1.54, 1.807) is 5.32 Å². The summed E-state index contributed by atoms with van der Waals surface area (Å²) >= 11 is 11.4. The van der Waals surface area contributed by atoms with Crippen molar-refractivity contribution in [2.45, 2.75) is 13.1 Å². The molecule has 0 unspecified atom stereocenters. The number of halogens is 5. The second kappa shape index (κ2) is 7.98. The summed E-state index contributed by atoms with van der Waals surface area (Å²) in [5.41, 5.74) is -3.20. The number of urea groups is 1. The third kappa shape index (κ3) is 4.49. The number of nitrogens with one attached hydrogen (secondary N) is 2. The van der Waals surface area contributed by atoms with Gasteiger partial charge in [-0.15, -0.1) is 0 Å². The van der Waals surface area contributed by atoms with Crippen molar-refractivity contribution in [1.29, 1.82) is 0 Å². The molecule has 0 saturated heterocycles. The first-order chi connectivity index (χ1) is 12.9. The first kappa shape index (κ1) is 21.4. The van der Waals surface area contributed by atoms with E-state index in [0.717, 1.165) is 25.1 Å². The molecule has 0 saturated carbocycles. The van der Waals surface area contributed by atoms with Crippen LogP contribution in [0.25, 0.3) is 0 Å². The molecule has 1 aromatic carbocycles. The molecule has 0 bridgehead atoms. The van der Waals surface area contributed by atoms with Gasteiger partial charge in [0.1, 0.15) is 5.15 Å². The van der Waals surface area contributed by atoms with Gasteiger partial charge in [0.2, 0.25) is 5.15 Å². The summed E-state index contributed by atoms with van der Waals surface area (Å²) in [7, 11) is 0. The molecule has 8 nitrogen and oxygen atoms in total. The van der Waals surface area contributed by atoms with E-state index in [9.17, 15) is 32.9 Å². The van der Waals surface area contributed by atoms with Crippen LogP contribution in [0.3, 0.4) is 0 Å². The molecule has 0 atom stereocenters. The standard InChI is InChI=1S/C15H9Cl2F3N4O4/c1-6-9(11(16)22-12(17)10(6)24(27)28)13(25)23-14(26)21-8-5-3-2-4-7(8)15(18,19)20/h2-5H,1H3,(H2,21,23,25,26). The summed E-state index contributed by atoms with van der Waals surface area (Å²) in [5, 5.41) is 13.6. The lowest BCUT2D eigenvalue weighted by Crippen LogP contribution is -2.35. The van der Waals surface area contributed by atoms with Crippen molar-refractivity contribution in [2.24, 2.45) is 0 Å². The molecule has 0 spiro atoms. The zero-order valence-corrected chi connectivity index (χ0v) is 15.2. The largest absolute Gasteiger partial charge is 0.418 e. The van der Waals surface area contributed by atoms with Crippen molar-refractivity contribution >= 4 is 46.5 Å². The molecular weight excluding hydrogens is 428 g/mol. The number of carbonyl (C=O) groups is 2. The summed E-state index contributed by atoms with van der Waals surface area (Å²) in [4.78, 5) is 37.8. The predicted molar refractivity (Wildman–Crippen MR) is 93.6 cm³/mol. The summed E-state index contributed by atoms with van der Waals surface area (Å²) in [5.74, 6) is -1.21. The van der Waals surface area contributed by atoms with Gasteiger partial charge in [0.15, 0.2) is 0 Å². The number of benzene rings is 1. The highest BCUT2D eigenvalue weighted by Gasteiger charge is 2.34. The van der Waals surface area contributed by atoms with Crippen LogP contribution >= 0.6 is 23.2 Å². The molecule has 3 amide bonds. The fraction of sp³-hybridized carbons (Fsp3) is 0.133. The smallest absolute Gasteiger partial charge is 0.307 e. The van der Waals surface area contributed by atoms with Gasteiger partial charge < -0.3 is 5.32 Å². The van der Waals surface area contributed by atoms with Crippen LogP contribution in [0.15, 0.2) is 24.3 Å². The summed E-state index contributed by atoms with van der Waals surface area (Å²) in [6.45, 7) is 1.16. The number of aromatic nitrogens is 1. The number of rotatable bonds is 3. The number of alkyl halides is 3. The van der Waals surface area contributed by atoms with Crippen LogP contribution in [0.4, 0.5) is 29.3 Å². The Morgan fingerprint density at radius 1 is 1.18 bits per heavy atom. The normalized spacial score (nSPS) is 11.1. The molecule has 0 radical (unpaired) electrons. The Labute approximate surface area is 164 Å². The molecule has 2 aromatic rings. The Morgan fingerprint density at radius 2 is 1.79 bits per heavy atom. The molecule has 2 rings (SSSR count). The molecule has 1 aromatic heterocycles. The van der Waals surface area contributed by atoms with E-state index in [4.69, 9.17) is 23.2 Å². The van der Waals surface area contributed by atoms with E-state index >= 15 is 0 Å². The minimum atomic E-state index is -4.74. The van der Waals surface area contributed by atoms with Crippen LogP contribution in [-0.4, -0.2) is 21.8 Å². The number of amides is 3. The van der Waals surface area contributed by atoms with Crippen molar-refractivity contribution in [1.82, 2.24) is 10.3 Å². The highest BCUT2D eigenvalue weighted by molar-refractivity contribution is 6.36. The van der Waals surface area contributed by atoms with E-state index in [2.05, 4.69) is 4.98 Å². The van der Waals surface area contributed by atoms with Gasteiger partial charge in [-0.1, -0.05) is 35.3 Å². The zero-order chi connectivity index (χ0) is 21.2. The van der Waals surface area contributed by atoms with Gasteiger partial charge in [0.05, 0.1) is 21.7 Å². The van der Waals surface area contributed by atoms with Gasteiger partial charge in [-0.2, -0.15) is 13.2 Å². The molecule has 0 aliphatic rings. The Bertz CT molecular complexity index is 982. The van der Waals surface area contributed by atoms with Crippen molar-refractivity contribution in [2.75, 3.05) is 5.32 Å². The Hall–Kier alpha value is -2.92. The number of anilines is 1. The third-order valence-electron chi connectivity index (χ3n) is 3.45. The molecule has 0 fully saturated rings. The molecule has 0 aliphatic heterocycles. The fourth-order valence-electron chi connectivity index (χ4n) is 2.26. The van der Waals surface area contributed by atoms with Crippen LogP contribution < -0.4 is 10.6 Å². The number of imide groups is 1. The number of para-hydroxylation sites is 1. The van der Waals surface area contributed by atoms with Gasteiger partial charge in [-0.25, -0.2) is 9.78 Å². The van der Waals surface area contributed by atoms with Crippen LogP contribution in [0.2, 0.25) is 10.3 Å². The average molecular weight is 437 g/mol. The minimum absolute atomic E-state index is 0.268. The quantitative estimate of drug-likeness (QED) is 0.414. The van der Waals surface area contributed by atoms with E-state index in [1.807, 2.05) is 5.32 Å². The second-order valence-electron chi connectivity index (χ2n) is 5.25. The van der Waals surface area contributed by atoms with Gasteiger partial charge >= 0.3 is 17.9 Å². The van der Waals surface area contributed by atoms with Crippen LogP contribution in [0.5, 0.6) is 0 Å². The Balaban J connectivity index is 2.29. The van der Waals surface area contributed by atoms with Gasteiger partial charge in [-0.05, 0) is 19.1 Å². The maximum absolute atomic E-state index is 12.9. The Morgan fingerprint density at radius 3 is 2.36 bits per heavy atom. The molecule has 1 heterocycles. The lowest BCUT2D eigenvalue weighted by Gasteiger charge is -2.14. The summed E-state index contributed by atoms with van der Waals surface area (Å²) in [6.07, 6.45) is -4.74. The fourth-order valence-corrected chi connectivity index (χ4v) is 2.91. The molecule has 0 aliphatic carbocycles. The van der Waals surface area contributed by atoms with Gasteiger partial charge in [0, 0.05) is 5.56 Å². The monoisotopic (exact) mass is 436 g/mol. The van der Waals surface area contributed by atoms with Crippen molar-refractivity contribution in [3.8, 4) is 0 Å². The van der Waals surface area contributed by atoms with E-state index < -0.39 is 55.8 Å². The van der Waals surface area contributed by atoms with E-state index in [-0.39, 0.29) is 5.56 Å². The average Bonchev–Trinajstić information content (AvgIpc) is 2.52. The topological polar surface area (TPSA) is 114 Å². The minimum Gasteiger partial charge on any atom is -0.307 e. The number of nitro groups is 1. The predicted octanol–water partition coefficient (Wildman–Crippen LogP) is 4.59. The number of carbonyl (C=O) groups excluding carboxylic acids is 2. The Kier molecular flexibility index (Phi) is 6.10. The van der Waals surface area contributed by atoms with Gasteiger partial charge in [0.25, 0.3) is 5.91 Å². The van der Waals surface area contributed by atoms with Crippen molar-refractivity contribution in [3.63, 3.8) is 0 Å². The first-order valence-corrected chi connectivity index (χ1v) is 7.97. The number of hydrogen-bond donors (Lipinski definition) is 2. The highest BCUT2D eigenvalue weighted by Crippen LogP contribution is 2.35. The lowest BCUT2D eigenvalue weighted by atomic mass is 10.1.